The Morgan fingerprint density at radius 1 is 1.64 bits per heavy atom. The number of aromatic nitrogens is 2. The minimum atomic E-state index is 0.558. The lowest BCUT2D eigenvalue weighted by Crippen LogP contribution is -2.22. The van der Waals surface area contributed by atoms with E-state index in [1.54, 1.807) is 0 Å². The molecule has 0 saturated carbocycles. The van der Waals surface area contributed by atoms with Crippen LogP contribution in [0.2, 0.25) is 0 Å². The Balaban J connectivity index is 2.60. The Hall–Kier alpha value is -0.350. The van der Waals surface area contributed by atoms with Gasteiger partial charge in [-0.25, -0.2) is 0 Å². The van der Waals surface area contributed by atoms with Crippen LogP contribution < -0.4 is 5.32 Å². The zero-order chi connectivity index (χ0) is 10.6. The fourth-order valence-corrected chi connectivity index (χ4v) is 1.90. The van der Waals surface area contributed by atoms with Crippen LogP contribution in [0.4, 0.5) is 0 Å². The first kappa shape index (κ1) is 11.7. The van der Waals surface area contributed by atoms with Crippen molar-refractivity contribution in [3.05, 3.63) is 16.4 Å². The van der Waals surface area contributed by atoms with E-state index in [-0.39, 0.29) is 0 Å². The maximum Gasteiger partial charge on any atom is 0.0635 e. The Kier molecular flexibility index (Phi) is 4.62. The van der Waals surface area contributed by atoms with Gasteiger partial charge in [0.25, 0.3) is 0 Å². The third-order valence-corrected chi connectivity index (χ3v) is 3.17. The van der Waals surface area contributed by atoms with Crippen molar-refractivity contribution in [3.63, 3.8) is 0 Å². The van der Waals surface area contributed by atoms with Crippen LogP contribution in [0.5, 0.6) is 0 Å². The van der Waals surface area contributed by atoms with E-state index in [9.17, 15) is 0 Å². The summed E-state index contributed by atoms with van der Waals surface area (Å²) < 4.78 is 3.18. The topological polar surface area (TPSA) is 29.9 Å². The summed E-state index contributed by atoms with van der Waals surface area (Å²) in [6, 6.07) is 0.558. The van der Waals surface area contributed by atoms with Crippen LogP contribution in [-0.2, 0) is 13.0 Å². The molecule has 14 heavy (non-hydrogen) atoms. The van der Waals surface area contributed by atoms with Crippen LogP contribution in [0, 0.1) is 0 Å². The van der Waals surface area contributed by atoms with Gasteiger partial charge in [0.05, 0.1) is 16.4 Å². The zero-order valence-electron chi connectivity index (χ0n) is 9.05. The fourth-order valence-electron chi connectivity index (χ4n) is 1.41. The Morgan fingerprint density at radius 3 is 2.93 bits per heavy atom. The van der Waals surface area contributed by atoms with E-state index in [1.165, 1.54) is 5.69 Å². The number of nitrogens with zero attached hydrogens (tertiary/aromatic N) is 2. The van der Waals surface area contributed by atoms with Gasteiger partial charge in [-0.15, -0.1) is 0 Å². The number of aryl methyl sites for hydroxylation is 1. The van der Waals surface area contributed by atoms with E-state index in [0.29, 0.717) is 6.04 Å². The molecule has 1 heterocycles. The molecule has 4 heteroatoms. The lowest BCUT2D eigenvalue weighted by Gasteiger charge is -2.10. The second kappa shape index (κ2) is 5.51. The highest BCUT2D eigenvalue weighted by Gasteiger charge is 2.08. The van der Waals surface area contributed by atoms with Crippen molar-refractivity contribution in [2.75, 3.05) is 7.05 Å². The van der Waals surface area contributed by atoms with Gasteiger partial charge in [0, 0.05) is 12.6 Å². The molecule has 0 aliphatic heterocycles. The van der Waals surface area contributed by atoms with E-state index < -0.39 is 0 Å². The second-order valence-corrected chi connectivity index (χ2v) is 4.34. The van der Waals surface area contributed by atoms with Crippen molar-refractivity contribution in [3.8, 4) is 0 Å². The van der Waals surface area contributed by atoms with Gasteiger partial charge in [-0.05, 0) is 49.7 Å². The first-order valence-electron chi connectivity index (χ1n) is 5.06. The minimum absolute atomic E-state index is 0.558. The molecule has 1 aromatic rings. The number of rotatable bonds is 5. The molecule has 0 spiro atoms. The molecule has 1 rings (SSSR count). The summed E-state index contributed by atoms with van der Waals surface area (Å²) in [5.41, 5.74) is 1.30. The third-order valence-electron chi connectivity index (χ3n) is 2.50. The van der Waals surface area contributed by atoms with Crippen molar-refractivity contribution in [1.82, 2.24) is 15.1 Å². The van der Waals surface area contributed by atoms with Crippen molar-refractivity contribution < 1.29 is 0 Å². The molecule has 0 aromatic carbocycles. The average molecular weight is 260 g/mol. The molecule has 1 N–H and O–H groups in total. The van der Waals surface area contributed by atoms with E-state index in [4.69, 9.17) is 0 Å². The molecule has 0 radical (unpaired) electrons. The van der Waals surface area contributed by atoms with E-state index in [0.717, 1.165) is 23.9 Å². The van der Waals surface area contributed by atoms with Gasteiger partial charge in [0.2, 0.25) is 0 Å². The minimum Gasteiger partial charge on any atom is -0.317 e. The van der Waals surface area contributed by atoms with Crippen LogP contribution in [0.15, 0.2) is 10.7 Å². The van der Waals surface area contributed by atoms with Gasteiger partial charge in [0.1, 0.15) is 0 Å². The molecular weight excluding hydrogens is 242 g/mol. The van der Waals surface area contributed by atoms with Gasteiger partial charge in [0.15, 0.2) is 0 Å². The van der Waals surface area contributed by atoms with Gasteiger partial charge in [-0.3, -0.25) is 4.68 Å². The molecule has 3 nitrogen and oxygen atoms in total. The standard InChI is InChI=1S/C10H18BrN3/c1-4-14-10(9(11)7-13-14)6-5-8(2)12-3/h7-8,12H,4-6H2,1-3H3. The van der Waals surface area contributed by atoms with E-state index >= 15 is 0 Å². The summed E-state index contributed by atoms with van der Waals surface area (Å²) in [4.78, 5) is 0. The summed E-state index contributed by atoms with van der Waals surface area (Å²) in [7, 11) is 2.00. The lowest BCUT2D eigenvalue weighted by molar-refractivity contribution is 0.537. The predicted octanol–water partition coefficient (Wildman–Crippen LogP) is 2.21. The first-order valence-corrected chi connectivity index (χ1v) is 5.85. The SMILES string of the molecule is CCn1ncc(Br)c1CCC(C)NC. The Bertz CT molecular complexity index is 283. The van der Waals surface area contributed by atoms with Crippen LogP contribution in [0.3, 0.4) is 0 Å². The molecule has 1 atom stereocenters. The summed E-state index contributed by atoms with van der Waals surface area (Å²) in [5.74, 6) is 0. The summed E-state index contributed by atoms with van der Waals surface area (Å²) in [6.45, 7) is 5.25. The molecule has 1 unspecified atom stereocenters. The molecule has 80 valence electrons. The Morgan fingerprint density at radius 2 is 2.36 bits per heavy atom. The second-order valence-electron chi connectivity index (χ2n) is 3.48. The average Bonchev–Trinajstić information content (AvgIpc) is 2.55. The maximum atomic E-state index is 4.29. The highest BCUT2D eigenvalue weighted by Crippen LogP contribution is 2.18. The van der Waals surface area contributed by atoms with E-state index in [1.807, 2.05) is 17.9 Å². The fraction of sp³-hybridized carbons (Fsp3) is 0.700. The first-order chi connectivity index (χ1) is 6.69. The molecule has 0 bridgehead atoms. The highest BCUT2D eigenvalue weighted by molar-refractivity contribution is 9.10. The van der Waals surface area contributed by atoms with Crippen molar-refractivity contribution in [2.24, 2.45) is 0 Å². The number of nitrogens with one attached hydrogen (secondary N) is 1. The van der Waals surface area contributed by atoms with Crippen molar-refractivity contribution in [1.29, 1.82) is 0 Å². The Labute approximate surface area is 94.0 Å². The lowest BCUT2D eigenvalue weighted by atomic mass is 10.1. The van der Waals surface area contributed by atoms with Crippen molar-refractivity contribution in [2.45, 2.75) is 39.3 Å². The van der Waals surface area contributed by atoms with Crippen LogP contribution >= 0.6 is 15.9 Å². The van der Waals surface area contributed by atoms with Gasteiger partial charge in [-0.1, -0.05) is 0 Å². The maximum absolute atomic E-state index is 4.29. The summed E-state index contributed by atoms with van der Waals surface area (Å²) >= 11 is 3.53. The molecule has 0 saturated heterocycles. The summed E-state index contributed by atoms with van der Waals surface area (Å²) in [6.07, 6.45) is 4.08. The largest absolute Gasteiger partial charge is 0.317 e. The van der Waals surface area contributed by atoms with Gasteiger partial charge < -0.3 is 5.32 Å². The highest BCUT2D eigenvalue weighted by atomic mass is 79.9. The molecular formula is C10H18BrN3. The predicted molar refractivity (Wildman–Crippen MR) is 62.4 cm³/mol. The quantitative estimate of drug-likeness (QED) is 0.879. The number of halogens is 1. The van der Waals surface area contributed by atoms with Crippen LogP contribution in [0.25, 0.3) is 0 Å². The van der Waals surface area contributed by atoms with Crippen molar-refractivity contribution >= 4 is 15.9 Å². The number of hydrogen-bond acceptors (Lipinski definition) is 2. The zero-order valence-corrected chi connectivity index (χ0v) is 10.6. The summed E-state index contributed by atoms with van der Waals surface area (Å²) in [5, 5.41) is 7.53. The molecule has 0 aliphatic carbocycles. The number of hydrogen-bond donors (Lipinski definition) is 1. The molecule has 0 amide bonds. The normalized spacial score (nSPS) is 13.1. The van der Waals surface area contributed by atoms with Gasteiger partial charge in [-0.2, -0.15) is 5.10 Å². The van der Waals surface area contributed by atoms with Crippen LogP contribution in [-0.4, -0.2) is 22.9 Å². The van der Waals surface area contributed by atoms with E-state index in [2.05, 4.69) is 40.2 Å². The molecule has 0 aliphatic rings. The third kappa shape index (κ3) is 2.82. The van der Waals surface area contributed by atoms with Crippen LogP contribution in [0.1, 0.15) is 26.0 Å². The monoisotopic (exact) mass is 259 g/mol. The smallest absolute Gasteiger partial charge is 0.0635 e. The molecule has 0 fully saturated rings. The molecule has 1 aromatic heterocycles. The van der Waals surface area contributed by atoms with Gasteiger partial charge >= 0.3 is 0 Å².